The van der Waals surface area contributed by atoms with Crippen LogP contribution in [0.3, 0.4) is 0 Å². The summed E-state index contributed by atoms with van der Waals surface area (Å²) in [5.74, 6) is -3.75. The molecule has 0 bridgehead atoms. The molecule has 1 aliphatic heterocycles. The number of alkyl carbamates (subject to hydrolysis) is 1. The SMILES string of the molecule is CC(C)(C)OC(=O)N[C@H](C(=O)Nc1cncc(F)c1CCC1CN(C(=O)OC(C)(C)C)CCN1S(C)(=O)=O)C(c1ccc(F)cc1)c1ccc(F)cc1. The lowest BCUT2D eigenvalue weighted by Gasteiger charge is -2.40. The maximum Gasteiger partial charge on any atom is 0.410 e. The van der Waals surface area contributed by atoms with E-state index in [0.717, 1.165) is 12.5 Å². The fourth-order valence-electron chi connectivity index (χ4n) is 6.00. The Kier molecular flexibility index (Phi) is 12.8. The van der Waals surface area contributed by atoms with Gasteiger partial charge in [0, 0.05) is 37.2 Å². The van der Waals surface area contributed by atoms with Crippen molar-refractivity contribution in [2.75, 3.05) is 31.2 Å². The largest absolute Gasteiger partial charge is 0.444 e. The van der Waals surface area contributed by atoms with E-state index in [1.54, 1.807) is 41.5 Å². The van der Waals surface area contributed by atoms with E-state index in [1.807, 2.05) is 0 Å². The van der Waals surface area contributed by atoms with Crippen molar-refractivity contribution in [1.29, 1.82) is 0 Å². The van der Waals surface area contributed by atoms with Crippen molar-refractivity contribution in [1.82, 2.24) is 19.5 Å². The molecular formula is C37H46F3N5O7S. The van der Waals surface area contributed by atoms with Gasteiger partial charge in [0.05, 0.1) is 24.3 Å². The highest BCUT2D eigenvalue weighted by Crippen LogP contribution is 2.31. The molecule has 53 heavy (non-hydrogen) atoms. The van der Waals surface area contributed by atoms with E-state index in [0.29, 0.717) is 11.1 Å². The topological polar surface area (TPSA) is 147 Å². The van der Waals surface area contributed by atoms with Crippen molar-refractivity contribution in [3.63, 3.8) is 0 Å². The maximum atomic E-state index is 15.5. The normalized spacial score (nSPS) is 16.2. The molecule has 0 aliphatic carbocycles. The summed E-state index contributed by atoms with van der Waals surface area (Å²) in [5.41, 5.74) is -1.03. The number of amides is 3. The zero-order chi connectivity index (χ0) is 39.3. The lowest BCUT2D eigenvalue weighted by molar-refractivity contribution is -0.118. The highest BCUT2D eigenvalue weighted by atomic mass is 32.2. The maximum absolute atomic E-state index is 15.5. The fraction of sp³-hybridized carbons (Fsp3) is 0.459. The van der Waals surface area contributed by atoms with Gasteiger partial charge >= 0.3 is 12.2 Å². The first-order valence-corrected chi connectivity index (χ1v) is 18.8. The Labute approximate surface area is 308 Å². The predicted octanol–water partition coefficient (Wildman–Crippen LogP) is 5.98. The Hall–Kier alpha value is -4.70. The third-order valence-corrected chi connectivity index (χ3v) is 9.58. The summed E-state index contributed by atoms with van der Waals surface area (Å²) in [6, 6.07) is 8.18. The molecule has 16 heteroatoms. The second kappa shape index (κ2) is 16.5. The number of aromatic nitrogens is 1. The molecule has 1 unspecified atom stereocenters. The molecule has 4 rings (SSSR count). The van der Waals surface area contributed by atoms with Gasteiger partial charge in [0.25, 0.3) is 0 Å². The van der Waals surface area contributed by atoms with Gasteiger partial charge < -0.3 is 25.0 Å². The average Bonchev–Trinajstić information content (AvgIpc) is 3.03. The number of pyridine rings is 1. The molecule has 1 saturated heterocycles. The molecule has 1 aromatic heterocycles. The Bertz CT molecular complexity index is 1840. The number of hydrogen-bond acceptors (Lipinski definition) is 8. The van der Waals surface area contributed by atoms with Crippen molar-refractivity contribution >= 4 is 33.8 Å². The third kappa shape index (κ3) is 11.6. The molecule has 0 radical (unpaired) electrons. The second-order valence-electron chi connectivity index (χ2n) is 14.8. The highest BCUT2D eigenvalue weighted by molar-refractivity contribution is 7.88. The van der Waals surface area contributed by atoms with Crippen LogP contribution in [0.4, 0.5) is 28.4 Å². The van der Waals surface area contributed by atoms with Crippen molar-refractivity contribution < 1.29 is 45.4 Å². The quantitative estimate of drug-likeness (QED) is 0.257. The average molecular weight is 762 g/mol. The number of sulfonamides is 1. The molecule has 3 aromatic rings. The van der Waals surface area contributed by atoms with E-state index in [4.69, 9.17) is 9.47 Å². The third-order valence-electron chi connectivity index (χ3n) is 8.24. The number of nitrogens with one attached hydrogen (secondary N) is 2. The molecule has 2 aromatic carbocycles. The number of hydrogen-bond donors (Lipinski definition) is 2. The molecule has 0 saturated carbocycles. The van der Waals surface area contributed by atoms with E-state index < -0.39 is 74.8 Å². The minimum absolute atomic E-state index is 0.00264. The summed E-state index contributed by atoms with van der Waals surface area (Å²) in [4.78, 5) is 45.6. The van der Waals surface area contributed by atoms with Crippen molar-refractivity contribution in [3.05, 3.63) is 95.1 Å². The van der Waals surface area contributed by atoms with Crippen LogP contribution in [0.15, 0.2) is 60.9 Å². The second-order valence-corrected chi connectivity index (χ2v) is 16.8. The number of rotatable bonds is 10. The molecule has 0 spiro atoms. The van der Waals surface area contributed by atoms with Crippen molar-refractivity contribution in [2.24, 2.45) is 0 Å². The van der Waals surface area contributed by atoms with Crippen LogP contribution in [-0.4, -0.2) is 89.9 Å². The molecule has 1 aliphatic rings. The number of anilines is 1. The fourth-order valence-corrected chi connectivity index (χ4v) is 7.13. The van der Waals surface area contributed by atoms with Crippen molar-refractivity contribution in [3.8, 4) is 0 Å². The summed E-state index contributed by atoms with van der Waals surface area (Å²) < 4.78 is 81.3. The van der Waals surface area contributed by atoms with Crippen LogP contribution in [0.5, 0.6) is 0 Å². The van der Waals surface area contributed by atoms with Gasteiger partial charge in [0.15, 0.2) is 0 Å². The van der Waals surface area contributed by atoms with Crippen LogP contribution in [0, 0.1) is 17.5 Å². The van der Waals surface area contributed by atoms with Gasteiger partial charge in [-0.25, -0.2) is 31.2 Å². The lowest BCUT2D eigenvalue weighted by Crippen LogP contribution is -2.57. The molecule has 3 amide bonds. The van der Waals surface area contributed by atoms with E-state index in [1.165, 1.54) is 63.9 Å². The minimum atomic E-state index is -3.73. The van der Waals surface area contributed by atoms with Crippen LogP contribution >= 0.6 is 0 Å². The lowest BCUT2D eigenvalue weighted by atomic mass is 9.84. The predicted molar refractivity (Wildman–Crippen MR) is 192 cm³/mol. The Balaban J connectivity index is 1.68. The van der Waals surface area contributed by atoms with Gasteiger partial charge in [-0.3, -0.25) is 9.78 Å². The minimum Gasteiger partial charge on any atom is -0.444 e. The van der Waals surface area contributed by atoms with Crippen LogP contribution in [-0.2, 0) is 30.7 Å². The zero-order valence-electron chi connectivity index (χ0n) is 30.8. The van der Waals surface area contributed by atoms with Crippen LogP contribution in [0.25, 0.3) is 0 Å². The van der Waals surface area contributed by atoms with E-state index >= 15 is 4.39 Å². The number of carbonyl (C=O) groups is 3. The summed E-state index contributed by atoms with van der Waals surface area (Å²) in [6.45, 7) is 10.1. The van der Waals surface area contributed by atoms with Crippen LogP contribution in [0.1, 0.15) is 70.6 Å². The zero-order valence-corrected chi connectivity index (χ0v) is 31.6. The van der Waals surface area contributed by atoms with Gasteiger partial charge in [-0.2, -0.15) is 4.31 Å². The molecule has 2 heterocycles. The summed E-state index contributed by atoms with van der Waals surface area (Å²) in [6.07, 6.45) is 1.60. The molecule has 2 N–H and O–H groups in total. The van der Waals surface area contributed by atoms with E-state index in [9.17, 15) is 31.6 Å². The smallest absolute Gasteiger partial charge is 0.410 e. The molecule has 288 valence electrons. The molecule has 2 atom stereocenters. The summed E-state index contributed by atoms with van der Waals surface area (Å²) in [5, 5.41) is 5.26. The number of piperazine rings is 1. The Morgan fingerprint density at radius 2 is 1.42 bits per heavy atom. The van der Waals surface area contributed by atoms with Crippen LogP contribution in [0.2, 0.25) is 0 Å². The number of carbonyl (C=O) groups excluding carboxylic acids is 3. The number of benzene rings is 2. The highest BCUT2D eigenvalue weighted by Gasteiger charge is 2.37. The Morgan fingerprint density at radius 1 is 0.868 bits per heavy atom. The first kappa shape index (κ1) is 41.1. The number of ether oxygens (including phenoxy) is 2. The van der Waals surface area contributed by atoms with Gasteiger partial charge in [0.2, 0.25) is 15.9 Å². The van der Waals surface area contributed by atoms with E-state index in [2.05, 4.69) is 15.6 Å². The molecular weight excluding hydrogens is 715 g/mol. The number of halogens is 3. The summed E-state index contributed by atoms with van der Waals surface area (Å²) in [7, 11) is -3.73. The molecule has 12 nitrogen and oxygen atoms in total. The standard InChI is InChI=1S/C37H46F3N5O7S/c1-36(2,3)51-34(47)43-32(31(23-8-12-25(38)13-9-23)24-10-14-26(39)15-11-24)33(46)42-30-21-41-20-29(40)28(30)17-16-27-22-44(35(48)52-37(4,5)6)18-19-45(27)53(7,49)50/h8-15,20-21,27,31-32H,16-19,22H2,1-7H3,(H,42,46)(H,43,47)/t27?,32-/m0/s1. The van der Waals surface area contributed by atoms with Gasteiger partial charge in [0.1, 0.15) is 34.7 Å². The Morgan fingerprint density at radius 3 is 1.92 bits per heavy atom. The van der Waals surface area contributed by atoms with Gasteiger partial charge in [-0.1, -0.05) is 24.3 Å². The number of nitrogens with zero attached hydrogens (tertiary/aromatic N) is 3. The van der Waals surface area contributed by atoms with Gasteiger partial charge in [-0.05, 0) is 89.8 Å². The van der Waals surface area contributed by atoms with Crippen LogP contribution < -0.4 is 10.6 Å². The van der Waals surface area contributed by atoms with Gasteiger partial charge in [-0.15, -0.1) is 0 Å². The monoisotopic (exact) mass is 761 g/mol. The summed E-state index contributed by atoms with van der Waals surface area (Å²) >= 11 is 0. The first-order valence-electron chi connectivity index (χ1n) is 17.0. The van der Waals surface area contributed by atoms with E-state index in [-0.39, 0.29) is 43.7 Å². The first-order chi connectivity index (χ1) is 24.6. The van der Waals surface area contributed by atoms with Crippen molar-refractivity contribution in [2.45, 2.75) is 83.6 Å². The molecule has 1 fully saturated rings.